The molecule has 1 aromatic heterocycles. The summed E-state index contributed by atoms with van der Waals surface area (Å²) in [7, 11) is 1.30. The van der Waals surface area contributed by atoms with E-state index < -0.39 is 5.97 Å². The number of rotatable bonds is 5. The smallest absolute Gasteiger partial charge is 0.358 e. The predicted molar refractivity (Wildman–Crippen MR) is 79.7 cm³/mol. The zero-order valence-corrected chi connectivity index (χ0v) is 13.1. The van der Waals surface area contributed by atoms with Crippen LogP contribution in [-0.4, -0.2) is 41.8 Å². The van der Waals surface area contributed by atoms with Crippen molar-refractivity contribution in [3.8, 4) is 0 Å². The fourth-order valence-electron chi connectivity index (χ4n) is 2.19. The van der Waals surface area contributed by atoms with Crippen LogP contribution in [0, 0.1) is 5.92 Å². The van der Waals surface area contributed by atoms with Gasteiger partial charge in [0.2, 0.25) is 0 Å². The van der Waals surface area contributed by atoms with Crippen molar-refractivity contribution in [3.05, 3.63) is 11.5 Å². The third kappa shape index (κ3) is 3.76. The number of carbonyl (C=O) groups excluding carboxylic acids is 2. The Morgan fingerprint density at radius 1 is 1.45 bits per heavy atom. The number of nitrogens with one attached hydrogen (secondary N) is 2. The molecule has 0 atom stereocenters. The number of hydrogen-bond acceptors (Lipinski definition) is 5. The molecule has 0 fully saturated rings. The van der Waals surface area contributed by atoms with Crippen LogP contribution < -0.4 is 10.6 Å². The summed E-state index contributed by atoms with van der Waals surface area (Å²) in [5.41, 5.74) is 0.250. The number of nitrogens with zero attached hydrogens (tertiary/aromatic N) is 2. The minimum atomic E-state index is -0.530. The molecule has 0 spiro atoms. The lowest BCUT2D eigenvalue weighted by Gasteiger charge is -2.15. The van der Waals surface area contributed by atoms with Gasteiger partial charge in [-0.25, -0.2) is 14.6 Å². The van der Waals surface area contributed by atoms with Crippen molar-refractivity contribution >= 4 is 17.8 Å². The summed E-state index contributed by atoms with van der Waals surface area (Å²) in [4.78, 5) is 28.1. The zero-order chi connectivity index (χ0) is 16.1. The second-order valence-electron chi connectivity index (χ2n) is 5.48. The van der Waals surface area contributed by atoms with Crippen molar-refractivity contribution in [2.75, 3.05) is 25.6 Å². The van der Waals surface area contributed by atoms with Gasteiger partial charge >= 0.3 is 12.0 Å². The number of esters is 1. The lowest BCUT2D eigenvalue weighted by Crippen LogP contribution is -2.31. The number of imidazole rings is 1. The lowest BCUT2D eigenvalue weighted by atomic mass is 10.1. The first kappa shape index (κ1) is 16.3. The number of ether oxygens (including phenoxy) is 2. The van der Waals surface area contributed by atoms with Crippen molar-refractivity contribution in [1.82, 2.24) is 14.9 Å². The van der Waals surface area contributed by atoms with Gasteiger partial charge in [-0.2, -0.15) is 0 Å². The van der Waals surface area contributed by atoms with Crippen LogP contribution in [0.25, 0.3) is 0 Å². The minimum Gasteiger partial charge on any atom is -0.464 e. The molecule has 8 nitrogen and oxygen atoms in total. The minimum absolute atomic E-state index is 0.203. The summed E-state index contributed by atoms with van der Waals surface area (Å²) in [6.07, 6.45) is 0.880. The second-order valence-corrected chi connectivity index (χ2v) is 5.48. The molecule has 0 saturated carbocycles. The highest BCUT2D eigenvalue weighted by Gasteiger charge is 2.26. The van der Waals surface area contributed by atoms with Crippen LogP contribution >= 0.6 is 0 Å². The fourth-order valence-corrected chi connectivity index (χ4v) is 2.19. The van der Waals surface area contributed by atoms with Crippen LogP contribution in [0.4, 0.5) is 10.6 Å². The van der Waals surface area contributed by atoms with Gasteiger partial charge in [0.25, 0.3) is 0 Å². The van der Waals surface area contributed by atoms with Crippen molar-refractivity contribution in [1.29, 1.82) is 0 Å². The molecule has 0 saturated heterocycles. The highest BCUT2D eigenvalue weighted by molar-refractivity contribution is 5.98. The topological polar surface area (TPSA) is 94.5 Å². The first-order chi connectivity index (χ1) is 10.5. The van der Waals surface area contributed by atoms with E-state index in [2.05, 4.69) is 29.5 Å². The highest BCUT2D eigenvalue weighted by Crippen LogP contribution is 2.21. The number of methoxy groups -OCH3 is 1. The number of anilines is 1. The van der Waals surface area contributed by atoms with Crippen LogP contribution in [0.2, 0.25) is 0 Å². The number of aromatic nitrogens is 2. The Kier molecular flexibility index (Phi) is 5.37. The van der Waals surface area contributed by atoms with Crippen LogP contribution in [0.1, 0.15) is 36.6 Å². The van der Waals surface area contributed by atoms with Crippen molar-refractivity contribution in [2.45, 2.75) is 33.4 Å². The summed E-state index contributed by atoms with van der Waals surface area (Å²) in [6.45, 7) is 6.03. The summed E-state index contributed by atoms with van der Waals surface area (Å²) in [5, 5.41) is 5.36. The van der Waals surface area contributed by atoms with E-state index in [1.54, 1.807) is 4.57 Å². The first-order valence-electron chi connectivity index (χ1n) is 7.33. The molecule has 0 bridgehead atoms. The van der Waals surface area contributed by atoms with Crippen LogP contribution in [0.3, 0.4) is 0 Å². The van der Waals surface area contributed by atoms with E-state index in [1.165, 1.54) is 7.11 Å². The average Bonchev–Trinajstić information content (AvgIpc) is 2.83. The third-order valence-corrected chi connectivity index (χ3v) is 3.35. The number of carbonyl (C=O) groups is 2. The maximum Gasteiger partial charge on any atom is 0.358 e. The van der Waals surface area contributed by atoms with Crippen LogP contribution in [-0.2, 0) is 22.6 Å². The molecule has 1 aromatic rings. The largest absolute Gasteiger partial charge is 0.464 e. The number of hydrogen-bond donors (Lipinski definition) is 2. The van der Waals surface area contributed by atoms with Gasteiger partial charge in [0, 0.05) is 13.1 Å². The third-order valence-electron chi connectivity index (χ3n) is 3.35. The molecule has 0 unspecified atom stereocenters. The molecule has 2 N–H and O–H groups in total. The highest BCUT2D eigenvalue weighted by atomic mass is 16.5. The van der Waals surface area contributed by atoms with E-state index in [0.29, 0.717) is 38.0 Å². The maximum absolute atomic E-state index is 12.0. The zero-order valence-electron chi connectivity index (χ0n) is 13.1. The summed E-state index contributed by atoms with van der Waals surface area (Å²) < 4.78 is 11.8. The van der Waals surface area contributed by atoms with E-state index >= 15 is 0 Å². The molecule has 8 heteroatoms. The lowest BCUT2D eigenvalue weighted by molar-refractivity contribution is 0.0559. The summed E-state index contributed by atoms with van der Waals surface area (Å²) in [5.74, 6) is 0.777. The summed E-state index contributed by atoms with van der Waals surface area (Å²) >= 11 is 0. The van der Waals surface area contributed by atoms with Crippen molar-refractivity contribution < 1.29 is 19.1 Å². The normalized spacial score (nSPS) is 13.6. The van der Waals surface area contributed by atoms with E-state index in [4.69, 9.17) is 9.47 Å². The molecule has 2 heterocycles. The molecular weight excluding hydrogens is 288 g/mol. The maximum atomic E-state index is 12.0. The standard InChI is InChI=1S/C14H22N4O4/c1-9(2)4-5-15-14(20)17-12-11(13(19)21-3)18-6-7-22-8-10(18)16-12/h9H,4-8H2,1-3H3,(H2,15,17,20). The number of urea groups is 1. The Hall–Kier alpha value is -2.09. The van der Waals surface area contributed by atoms with E-state index in [-0.39, 0.29) is 17.5 Å². The first-order valence-corrected chi connectivity index (χ1v) is 7.33. The molecule has 0 aromatic carbocycles. The van der Waals surface area contributed by atoms with Gasteiger partial charge in [-0.1, -0.05) is 13.8 Å². The molecule has 2 rings (SSSR count). The van der Waals surface area contributed by atoms with Gasteiger partial charge in [-0.05, 0) is 12.3 Å². The average molecular weight is 310 g/mol. The molecule has 0 aliphatic carbocycles. The molecule has 122 valence electrons. The van der Waals surface area contributed by atoms with Gasteiger partial charge in [0.1, 0.15) is 12.4 Å². The van der Waals surface area contributed by atoms with E-state index in [0.717, 1.165) is 6.42 Å². The van der Waals surface area contributed by atoms with Gasteiger partial charge in [-0.15, -0.1) is 0 Å². The molecule has 2 amide bonds. The van der Waals surface area contributed by atoms with Crippen LogP contribution in [0.15, 0.2) is 0 Å². The van der Waals surface area contributed by atoms with Crippen LogP contribution in [0.5, 0.6) is 0 Å². The quantitative estimate of drug-likeness (QED) is 0.801. The van der Waals surface area contributed by atoms with Gasteiger partial charge < -0.3 is 19.4 Å². The molecular formula is C14H22N4O4. The molecule has 1 aliphatic heterocycles. The number of fused-ring (bicyclic) bond motifs is 1. The van der Waals surface area contributed by atoms with Gasteiger partial charge in [0.15, 0.2) is 11.5 Å². The molecule has 1 aliphatic rings. The Morgan fingerprint density at radius 3 is 2.91 bits per heavy atom. The second kappa shape index (κ2) is 7.26. The predicted octanol–water partition coefficient (Wildman–Crippen LogP) is 1.37. The van der Waals surface area contributed by atoms with Crippen molar-refractivity contribution in [2.24, 2.45) is 5.92 Å². The Bertz CT molecular complexity index is 553. The van der Waals surface area contributed by atoms with Gasteiger partial charge in [0.05, 0.1) is 13.7 Å². The fraction of sp³-hybridized carbons (Fsp3) is 0.643. The monoisotopic (exact) mass is 310 g/mol. The van der Waals surface area contributed by atoms with E-state index in [1.807, 2.05) is 0 Å². The molecule has 0 radical (unpaired) electrons. The number of amides is 2. The Labute approximate surface area is 129 Å². The van der Waals surface area contributed by atoms with E-state index in [9.17, 15) is 9.59 Å². The Morgan fingerprint density at radius 2 is 2.23 bits per heavy atom. The summed E-state index contributed by atoms with van der Waals surface area (Å²) in [6, 6.07) is -0.387. The van der Waals surface area contributed by atoms with Crippen molar-refractivity contribution in [3.63, 3.8) is 0 Å². The Balaban J connectivity index is 2.11. The SMILES string of the molecule is COC(=O)c1c(NC(=O)NCCC(C)C)nc2n1CCOC2. The molecule has 22 heavy (non-hydrogen) atoms. The van der Waals surface area contributed by atoms with Gasteiger partial charge in [-0.3, -0.25) is 5.32 Å².